The van der Waals surface area contributed by atoms with Gasteiger partial charge in [-0.3, -0.25) is 9.48 Å². The fourth-order valence-corrected chi connectivity index (χ4v) is 4.01. The number of benzene rings is 2. The van der Waals surface area contributed by atoms with Crippen LogP contribution in [0, 0.1) is 20.8 Å². The van der Waals surface area contributed by atoms with Crippen molar-refractivity contribution in [2.75, 3.05) is 5.32 Å². The van der Waals surface area contributed by atoms with Gasteiger partial charge in [0.1, 0.15) is 18.1 Å². The lowest BCUT2D eigenvalue weighted by molar-refractivity contribution is 0.0992. The Morgan fingerprint density at radius 3 is 2.42 bits per heavy atom. The minimum absolute atomic E-state index is 0.176. The molecule has 0 atom stereocenters. The van der Waals surface area contributed by atoms with Crippen LogP contribution in [0.5, 0.6) is 5.75 Å². The van der Waals surface area contributed by atoms with E-state index in [-0.39, 0.29) is 12.4 Å². The molecule has 8 heteroatoms. The van der Waals surface area contributed by atoms with E-state index in [1.165, 1.54) is 0 Å². The Bertz CT molecular complexity index is 1270. The van der Waals surface area contributed by atoms with Crippen molar-refractivity contribution in [2.45, 2.75) is 33.9 Å². The summed E-state index contributed by atoms with van der Waals surface area (Å²) in [6, 6.07) is 16.5. The summed E-state index contributed by atoms with van der Waals surface area (Å²) in [5, 5.41) is 8.35. The first-order valence-corrected chi connectivity index (χ1v) is 11.1. The van der Waals surface area contributed by atoms with Crippen molar-refractivity contribution in [3.63, 3.8) is 0 Å². The van der Waals surface area contributed by atoms with E-state index < -0.39 is 5.91 Å². The number of aryl methyl sites for hydroxylation is 3. The summed E-state index contributed by atoms with van der Waals surface area (Å²) in [5.41, 5.74) is 3.86. The molecule has 170 valence electrons. The molecule has 0 radical (unpaired) electrons. The van der Waals surface area contributed by atoms with Crippen molar-refractivity contribution >= 4 is 34.9 Å². The molecule has 0 fully saturated rings. The highest BCUT2D eigenvalue weighted by molar-refractivity contribution is 6.35. The molecule has 0 aliphatic rings. The van der Waals surface area contributed by atoms with Gasteiger partial charge in [-0.1, -0.05) is 35.3 Å². The zero-order valence-corrected chi connectivity index (χ0v) is 20.0. The largest absolute Gasteiger partial charge is 0.486 e. The van der Waals surface area contributed by atoms with Crippen LogP contribution in [0.2, 0.25) is 10.0 Å². The third-order valence-corrected chi connectivity index (χ3v) is 5.76. The number of furan rings is 1. The second kappa shape index (κ2) is 9.73. The summed E-state index contributed by atoms with van der Waals surface area (Å²) in [4.78, 5) is 12.6. The van der Waals surface area contributed by atoms with Gasteiger partial charge in [0.05, 0.1) is 6.54 Å². The highest BCUT2D eigenvalue weighted by Crippen LogP contribution is 2.26. The van der Waals surface area contributed by atoms with E-state index in [9.17, 15) is 4.79 Å². The predicted octanol–water partition coefficient (Wildman–Crippen LogP) is 6.59. The lowest BCUT2D eigenvalue weighted by atomic mass is 10.1. The molecule has 33 heavy (non-hydrogen) atoms. The van der Waals surface area contributed by atoms with E-state index in [1.54, 1.807) is 41.1 Å². The monoisotopic (exact) mass is 483 g/mol. The van der Waals surface area contributed by atoms with Gasteiger partial charge in [-0.2, -0.15) is 5.10 Å². The molecular formula is C25H23Cl2N3O3. The lowest BCUT2D eigenvalue weighted by Gasteiger charge is -2.08. The number of hydrogen-bond donors (Lipinski definition) is 1. The minimum atomic E-state index is -0.395. The van der Waals surface area contributed by atoms with Gasteiger partial charge >= 0.3 is 0 Å². The van der Waals surface area contributed by atoms with Crippen molar-refractivity contribution in [3.8, 4) is 5.75 Å². The molecule has 2 aromatic carbocycles. The third kappa shape index (κ3) is 5.59. The zero-order chi connectivity index (χ0) is 23.5. The molecule has 2 aromatic heterocycles. The van der Waals surface area contributed by atoms with Crippen molar-refractivity contribution in [1.29, 1.82) is 0 Å². The lowest BCUT2D eigenvalue weighted by Crippen LogP contribution is -2.12. The number of amides is 1. The molecule has 0 spiro atoms. The molecule has 0 saturated heterocycles. The molecule has 6 nitrogen and oxygen atoms in total. The van der Waals surface area contributed by atoms with Crippen LogP contribution in [0.1, 0.15) is 38.7 Å². The summed E-state index contributed by atoms with van der Waals surface area (Å²) >= 11 is 12.5. The van der Waals surface area contributed by atoms with Crippen molar-refractivity contribution in [2.24, 2.45) is 0 Å². The summed E-state index contributed by atoms with van der Waals surface area (Å²) < 4.78 is 13.2. The summed E-state index contributed by atoms with van der Waals surface area (Å²) in [6.07, 6.45) is 0. The van der Waals surface area contributed by atoms with Gasteiger partial charge in [0.15, 0.2) is 11.6 Å². The van der Waals surface area contributed by atoms with Gasteiger partial charge in [0.25, 0.3) is 5.91 Å². The zero-order valence-electron chi connectivity index (χ0n) is 18.5. The Morgan fingerprint density at radius 1 is 1.03 bits per heavy atom. The number of carbonyl (C=O) groups excluding carboxylic acids is 1. The summed E-state index contributed by atoms with van der Waals surface area (Å²) in [6.45, 7) is 6.54. The number of ether oxygens (including phenoxy) is 1. The normalized spacial score (nSPS) is 10.9. The van der Waals surface area contributed by atoms with Gasteiger partial charge in [0.2, 0.25) is 0 Å². The average Bonchev–Trinajstić information content (AvgIpc) is 3.35. The van der Waals surface area contributed by atoms with Crippen LogP contribution in [-0.2, 0) is 13.2 Å². The number of aromatic nitrogens is 2. The fourth-order valence-electron chi connectivity index (χ4n) is 3.49. The summed E-state index contributed by atoms with van der Waals surface area (Å²) in [5.74, 6) is 1.50. The van der Waals surface area contributed by atoms with E-state index in [0.29, 0.717) is 28.2 Å². The van der Waals surface area contributed by atoms with Crippen LogP contribution in [0.15, 0.2) is 59.0 Å². The number of hydrogen-bond acceptors (Lipinski definition) is 4. The Hall–Kier alpha value is -3.22. The number of halogens is 2. The van der Waals surface area contributed by atoms with Crippen molar-refractivity contribution < 1.29 is 13.9 Å². The molecule has 1 amide bonds. The molecule has 4 aromatic rings. The average molecular weight is 484 g/mol. The van der Waals surface area contributed by atoms with Crippen molar-refractivity contribution in [1.82, 2.24) is 9.78 Å². The molecule has 2 heterocycles. The quantitative estimate of drug-likeness (QED) is 0.321. The van der Waals surface area contributed by atoms with E-state index in [0.717, 1.165) is 28.1 Å². The Kier molecular flexibility index (Phi) is 6.77. The molecule has 0 unspecified atom stereocenters. The molecule has 4 rings (SSSR count). The molecule has 1 N–H and O–H groups in total. The van der Waals surface area contributed by atoms with Gasteiger partial charge in [-0.15, -0.1) is 0 Å². The molecule has 0 bridgehead atoms. The second-order valence-electron chi connectivity index (χ2n) is 7.86. The first kappa shape index (κ1) is 23.0. The molecule has 0 aliphatic heterocycles. The van der Waals surface area contributed by atoms with Gasteiger partial charge in [-0.05, 0) is 68.3 Å². The van der Waals surface area contributed by atoms with Crippen molar-refractivity contribution in [3.05, 3.63) is 98.5 Å². The van der Waals surface area contributed by atoms with Gasteiger partial charge in [-0.25, -0.2) is 0 Å². The smallest absolute Gasteiger partial charge is 0.292 e. The highest BCUT2D eigenvalue weighted by atomic mass is 35.5. The number of nitrogens with zero attached hydrogens (tertiary/aromatic N) is 2. The van der Waals surface area contributed by atoms with Crippen LogP contribution in [0.3, 0.4) is 0 Å². The standard InChI is InChI=1S/C25H23Cl2N3O3/c1-15-9-16(2)11-19(10-15)32-14-18-7-8-23(33-18)25(31)28-24-12-17(3)30(29-24)13-20-21(26)5-4-6-22(20)27/h4-12H,13-14H2,1-3H3,(H,28,29,31). The number of anilines is 1. The van der Waals surface area contributed by atoms with Crippen LogP contribution < -0.4 is 10.1 Å². The molecule has 0 aliphatic carbocycles. The maximum Gasteiger partial charge on any atom is 0.292 e. The van der Waals surface area contributed by atoms with Gasteiger partial charge < -0.3 is 14.5 Å². The van der Waals surface area contributed by atoms with Crippen LogP contribution >= 0.6 is 23.2 Å². The number of carbonyl (C=O) groups is 1. The van der Waals surface area contributed by atoms with Gasteiger partial charge in [0, 0.05) is 27.4 Å². The van der Waals surface area contributed by atoms with E-state index in [4.69, 9.17) is 32.4 Å². The van der Waals surface area contributed by atoms with E-state index in [2.05, 4.69) is 16.5 Å². The first-order chi connectivity index (χ1) is 15.8. The predicted molar refractivity (Wildman–Crippen MR) is 129 cm³/mol. The Labute approximate surface area is 202 Å². The SMILES string of the molecule is Cc1cc(C)cc(OCc2ccc(C(=O)Nc3cc(C)n(Cc4c(Cl)cccc4Cl)n3)o2)c1. The second-order valence-corrected chi connectivity index (χ2v) is 8.68. The maximum atomic E-state index is 12.6. The fraction of sp³-hybridized carbons (Fsp3) is 0.200. The Morgan fingerprint density at radius 2 is 1.73 bits per heavy atom. The van der Waals surface area contributed by atoms with Crippen LogP contribution in [0.25, 0.3) is 0 Å². The van der Waals surface area contributed by atoms with Crippen LogP contribution in [0.4, 0.5) is 5.82 Å². The molecular weight excluding hydrogens is 461 g/mol. The maximum absolute atomic E-state index is 12.6. The third-order valence-electron chi connectivity index (χ3n) is 5.05. The van der Waals surface area contributed by atoms with E-state index in [1.807, 2.05) is 32.9 Å². The summed E-state index contributed by atoms with van der Waals surface area (Å²) in [7, 11) is 0. The minimum Gasteiger partial charge on any atom is -0.486 e. The molecule has 0 saturated carbocycles. The number of nitrogens with one attached hydrogen (secondary N) is 1. The topological polar surface area (TPSA) is 69.3 Å². The van der Waals surface area contributed by atoms with E-state index >= 15 is 0 Å². The first-order valence-electron chi connectivity index (χ1n) is 10.4. The number of rotatable bonds is 7. The van der Waals surface area contributed by atoms with Crippen LogP contribution in [-0.4, -0.2) is 15.7 Å². The highest BCUT2D eigenvalue weighted by Gasteiger charge is 2.15. The Balaban J connectivity index is 1.40.